The second kappa shape index (κ2) is 11.2. The van der Waals surface area contributed by atoms with Gasteiger partial charge in [0, 0.05) is 11.3 Å². The number of hydrogen-bond donors (Lipinski definition) is 2. The summed E-state index contributed by atoms with van der Waals surface area (Å²) in [5, 5.41) is 15.9. The van der Waals surface area contributed by atoms with Gasteiger partial charge in [-0.1, -0.05) is 35.9 Å². The van der Waals surface area contributed by atoms with Crippen LogP contribution in [0.25, 0.3) is 0 Å². The Balaban J connectivity index is 1.62. The van der Waals surface area contributed by atoms with E-state index in [1.165, 1.54) is 6.21 Å². The quantitative estimate of drug-likeness (QED) is 0.390. The maximum atomic E-state index is 12.0. The Bertz CT molecular complexity index is 1130. The lowest BCUT2D eigenvalue weighted by molar-refractivity contribution is 0.252. The summed E-state index contributed by atoms with van der Waals surface area (Å²) in [6.45, 7) is 4.57. The van der Waals surface area contributed by atoms with E-state index in [2.05, 4.69) is 21.9 Å². The predicted octanol–water partition coefficient (Wildman–Crippen LogP) is 5.00. The molecule has 0 saturated heterocycles. The molecule has 0 fully saturated rings. The van der Waals surface area contributed by atoms with Gasteiger partial charge in [0.05, 0.1) is 24.5 Å². The van der Waals surface area contributed by atoms with Crippen molar-refractivity contribution in [2.75, 3.05) is 11.9 Å². The van der Waals surface area contributed by atoms with E-state index in [-0.39, 0.29) is 6.61 Å². The van der Waals surface area contributed by atoms with Crippen LogP contribution in [0.15, 0.2) is 71.8 Å². The molecule has 32 heavy (non-hydrogen) atoms. The average Bonchev–Trinajstić information content (AvgIpc) is 2.80. The molecule has 3 aromatic rings. The Labute approximate surface area is 187 Å². The third-order valence-corrected chi connectivity index (χ3v) is 4.48. The molecule has 0 aliphatic heterocycles. The van der Waals surface area contributed by atoms with Crippen molar-refractivity contribution >= 4 is 17.9 Å². The lowest BCUT2D eigenvalue weighted by Gasteiger charge is -2.13. The maximum absolute atomic E-state index is 12.0. The number of urea groups is 1. The minimum Gasteiger partial charge on any atom is -0.490 e. The Hall–Kier alpha value is -4.31. The molecule has 7 nitrogen and oxygen atoms in total. The predicted molar refractivity (Wildman–Crippen MR) is 124 cm³/mol. The zero-order valence-electron chi connectivity index (χ0n) is 18.0. The Morgan fingerprint density at radius 3 is 2.59 bits per heavy atom. The smallest absolute Gasteiger partial charge is 0.339 e. The van der Waals surface area contributed by atoms with Crippen LogP contribution in [-0.4, -0.2) is 18.9 Å². The summed E-state index contributed by atoms with van der Waals surface area (Å²) in [6.07, 6.45) is 1.52. The number of hydrogen-bond acceptors (Lipinski definition) is 5. The van der Waals surface area contributed by atoms with E-state index in [1.807, 2.05) is 56.3 Å². The van der Waals surface area contributed by atoms with Crippen LogP contribution in [0.2, 0.25) is 0 Å². The zero-order valence-corrected chi connectivity index (χ0v) is 18.0. The number of carbonyl (C=O) groups is 1. The van der Waals surface area contributed by atoms with Gasteiger partial charge in [-0.15, -0.1) is 0 Å². The van der Waals surface area contributed by atoms with Gasteiger partial charge in [-0.25, -0.2) is 10.2 Å². The monoisotopic (exact) mass is 428 g/mol. The lowest BCUT2D eigenvalue weighted by atomic mass is 10.1. The van der Waals surface area contributed by atoms with Gasteiger partial charge in [-0.2, -0.15) is 10.4 Å². The van der Waals surface area contributed by atoms with Crippen LogP contribution in [0, 0.1) is 18.3 Å². The molecule has 0 unspecified atom stereocenters. The van der Waals surface area contributed by atoms with E-state index < -0.39 is 6.03 Å². The number of benzene rings is 3. The number of carbonyl (C=O) groups excluding carboxylic acids is 1. The van der Waals surface area contributed by atoms with E-state index in [9.17, 15) is 10.1 Å². The molecule has 0 aliphatic carbocycles. The van der Waals surface area contributed by atoms with E-state index in [0.717, 1.165) is 16.7 Å². The minimum atomic E-state index is -0.439. The van der Waals surface area contributed by atoms with Gasteiger partial charge in [0.15, 0.2) is 11.5 Å². The molecule has 0 aliphatic rings. The molecule has 0 saturated carbocycles. The van der Waals surface area contributed by atoms with Crippen molar-refractivity contribution in [2.45, 2.75) is 20.5 Å². The lowest BCUT2D eigenvalue weighted by Crippen LogP contribution is -2.24. The highest BCUT2D eigenvalue weighted by molar-refractivity contribution is 5.90. The molecule has 0 atom stereocenters. The average molecular weight is 428 g/mol. The number of nitrogens with zero attached hydrogens (tertiary/aromatic N) is 2. The fourth-order valence-electron chi connectivity index (χ4n) is 2.86. The van der Waals surface area contributed by atoms with Gasteiger partial charge in [0.1, 0.15) is 6.61 Å². The molecule has 2 amide bonds. The fraction of sp³-hybridized carbons (Fsp3) is 0.160. The maximum Gasteiger partial charge on any atom is 0.339 e. The van der Waals surface area contributed by atoms with Crippen LogP contribution in [0.5, 0.6) is 11.5 Å². The van der Waals surface area contributed by atoms with Crippen molar-refractivity contribution in [3.63, 3.8) is 0 Å². The van der Waals surface area contributed by atoms with E-state index in [1.54, 1.807) is 24.3 Å². The van der Waals surface area contributed by atoms with E-state index in [0.29, 0.717) is 29.4 Å². The summed E-state index contributed by atoms with van der Waals surface area (Å²) in [4.78, 5) is 12.0. The van der Waals surface area contributed by atoms with Crippen LogP contribution in [0.4, 0.5) is 10.5 Å². The first-order valence-corrected chi connectivity index (χ1v) is 10.1. The largest absolute Gasteiger partial charge is 0.490 e. The Morgan fingerprint density at radius 2 is 1.84 bits per heavy atom. The normalized spacial score (nSPS) is 10.4. The molecule has 2 N–H and O–H groups in total. The van der Waals surface area contributed by atoms with Crippen LogP contribution in [-0.2, 0) is 6.61 Å². The van der Waals surface area contributed by atoms with Crippen molar-refractivity contribution in [2.24, 2.45) is 5.10 Å². The van der Waals surface area contributed by atoms with Gasteiger partial charge in [0.2, 0.25) is 0 Å². The molecular weight excluding hydrogens is 404 g/mol. The van der Waals surface area contributed by atoms with Crippen LogP contribution in [0.3, 0.4) is 0 Å². The molecule has 0 spiro atoms. The van der Waals surface area contributed by atoms with Crippen molar-refractivity contribution in [3.8, 4) is 17.6 Å². The molecule has 7 heteroatoms. The summed E-state index contributed by atoms with van der Waals surface area (Å²) in [6, 6.07) is 21.8. The third kappa shape index (κ3) is 6.34. The Morgan fingerprint density at radius 1 is 1.06 bits per heavy atom. The van der Waals surface area contributed by atoms with E-state index >= 15 is 0 Å². The first-order valence-electron chi connectivity index (χ1n) is 10.1. The number of nitriles is 1. The highest BCUT2D eigenvalue weighted by atomic mass is 16.5. The number of amides is 2. The Kier molecular flexibility index (Phi) is 7.82. The van der Waals surface area contributed by atoms with Crippen molar-refractivity contribution < 1.29 is 14.3 Å². The number of anilines is 1. The number of nitrogens with one attached hydrogen (secondary N) is 2. The summed E-state index contributed by atoms with van der Waals surface area (Å²) >= 11 is 0. The van der Waals surface area contributed by atoms with Gasteiger partial charge in [-0.05, 0) is 55.8 Å². The minimum absolute atomic E-state index is 0.248. The van der Waals surface area contributed by atoms with Crippen LogP contribution in [0.1, 0.15) is 29.2 Å². The number of hydrazone groups is 1. The van der Waals surface area contributed by atoms with Crippen LogP contribution >= 0.6 is 0 Å². The molecule has 162 valence electrons. The highest BCUT2D eigenvalue weighted by Gasteiger charge is 2.08. The third-order valence-electron chi connectivity index (χ3n) is 4.48. The molecule has 0 aromatic heterocycles. The number of ether oxygens (including phenoxy) is 2. The van der Waals surface area contributed by atoms with E-state index in [4.69, 9.17) is 9.47 Å². The second-order valence-electron chi connectivity index (χ2n) is 6.89. The number of aryl methyl sites for hydroxylation is 1. The van der Waals surface area contributed by atoms with Crippen molar-refractivity contribution in [1.82, 2.24) is 5.43 Å². The fourth-order valence-corrected chi connectivity index (χ4v) is 2.86. The summed E-state index contributed by atoms with van der Waals surface area (Å²) in [5.74, 6) is 1.11. The molecule has 3 rings (SSSR count). The second-order valence-corrected chi connectivity index (χ2v) is 6.89. The van der Waals surface area contributed by atoms with Gasteiger partial charge in [-0.3, -0.25) is 0 Å². The van der Waals surface area contributed by atoms with Gasteiger partial charge < -0.3 is 14.8 Å². The zero-order chi connectivity index (χ0) is 22.8. The highest BCUT2D eigenvalue weighted by Crippen LogP contribution is 2.29. The molecule has 0 bridgehead atoms. The first-order chi connectivity index (χ1) is 15.6. The molecule has 3 aromatic carbocycles. The molecular formula is C25H24N4O3. The van der Waals surface area contributed by atoms with Gasteiger partial charge >= 0.3 is 6.03 Å². The van der Waals surface area contributed by atoms with Crippen LogP contribution < -0.4 is 20.2 Å². The SMILES string of the molecule is CCOc1cc(/C=N\NC(=O)Nc2ccc(C)cc2)ccc1OCc1ccccc1C#N. The molecule has 0 heterocycles. The standard InChI is InChI=1S/C25H24N4O3/c1-3-31-24-14-19(16-27-29-25(30)28-22-11-8-18(2)9-12-22)10-13-23(24)32-17-21-7-5-4-6-20(21)15-26/h4-14,16H,3,17H2,1-2H3,(H2,28,29,30)/b27-16-. The summed E-state index contributed by atoms with van der Waals surface area (Å²) < 4.78 is 11.6. The number of rotatable bonds is 8. The summed E-state index contributed by atoms with van der Waals surface area (Å²) in [7, 11) is 0. The summed E-state index contributed by atoms with van der Waals surface area (Å²) in [5.41, 5.74) is 6.33. The van der Waals surface area contributed by atoms with Crippen molar-refractivity contribution in [1.29, 1.82) is 5.26 Å². The topological polar surface area (TPSA) is 95.7 Å². The first kappa shape index (κ1) is 22.4. The molecule has 0 radical (unpaired) electrons. The van der Waals surface area contributed by atoms with Crippen molar-refractivity contribution in [3.05, 3.63) is 89.0 Å². The van der Waals surface area contributed by atoms with Gasteiger partial charge in [0.25, 0.3) is 0 Å².